The van der Waals surface area contributed by atoms with Crippen molar-refractivity contribution in [3.63, 3.8) is 0 Å². The molecule has 0 radical (unpaired) electrons. The lowest BCUT2D eigenvalue weighted by atomic mass is 9.96. The van der Waals surface area contributed by atoms with Crippen molar-refractivity contribution in [2.24, 2.45) is 5.92 Å². The molecule has 9 heavy (non-hydrogen) atoms. The van der Waals surface area contributed by atoms with Crippen LogP contribution in [0.15, 0.2) is 0 Å². The van der Waals surface area contributed by atoms with Crippen molar-refractivity contribution in [1.29, 1.82) is 0 Å². The Morgan fingerprint density at radius 3 is 2.78 bits per heavy atom. The van der Waals surface area contributed by atoms with Crippen LogP contribution in [0.4, 0.5) is 4.39 Å². The number of hydrogen-bond acceptors (Lipinski definition) is 2. The molecule has 1 amide bonds. The van der Waals surface area contributed by atoms with Gasteiger partial charge in [0, 0.05) is 6.54 Å². The van der Waals surface area contributed by atoms with E-state index in [1.54, 1.807) is 0 Å². The second-order valence-electron chi connectivity index (χ2n) is 2.07. The maximum atomic E-state index is 11.6. The summed E-state index contributed by atoms with van der Waals surface area (Å²) in [6, 6.07) is 0. The van der Waals surface area contributed by atoms with Crippen molar-refractivity contribution in [3.05, 3.63) is 0 Å². The first-order valence-electron chi connectivity index (χ1n) is 2.77. The fourth-order valence-corrected chi connectivity index (χ4v) is 0.722. The Balaban J connectivity index is 2.34. The number of aliphatic hydroxyl groups is 1. The zero-order valence-electron chi connectivity index (χ0n) is 4.80. The Labute approximate surface area is 51.9 Å². The molecule has 2 N–H and O–H groups in total. The molecule has 1 aliphatic rings. The smallest absolute Gasteiger partial charge is 0.227 e. The Morgan fingerprint density at radius 1 is 2.00 bits per heavy atom. The molecule has 1 rings (SSSR count). The molecule has 4 heteroatoms. The number of rotatable bonds is 2. The summed E-state index contributed by atoms with van der Waals surface area (Å²) in [5.41, 5.74) is 0. The normalized spacial score (nSPS) is 28.7. The van der Waals surface area contributed by atoms with Crippen LogP contribution in [0.5, 0.6) is 0 Å². The largest absolute Gasteiger partial charge is 0.389 e. The third kappa shape index (κ3) is 1.03. The van der Waals surface area contributed by atoms with Gasteiger partial charge in [0.25, 0.3) is 0 Å². The van der Waals surface area contributed by atoms with Crippen LogP contribution in [-0.2, 0) is 4.79 Å². The second kappa shape index (κ2) is 2.31. The predicted molar refractivity (Wildman–Crippen MR) is 28.5 cm³/mol. The molecule has 1 heterocycles. The predicted octanol–water partition coefficient (Wildman–Crippen LogP) is -0.937. The van der Waals surface area contributed by atoms with Gasteiger partial charge in [-0.2, -0.15) is 0 Å². The van der Waals surface area contributed by atoms with Crippen LogP contribution in [0, 0.1) is 5.92 Å². The molecule has 0 aromatic carbocycles. The van der Waals surface area contributed by atoms with Gasteiger partial charge in [-0.05, 0) is 0 Å². The minimum atomic E-state index is -1.10. The molecule has 0 bridgehead atoms. The standard InChI is InChI=1S/C5H8FNO2/c6-1-4(8)3-2-7-5(3)9/h3-4,8H,1-2H2,(H,7,9)/t3-,4?/m0/s1. The van der Waals surface area contributed by atoms with Crippen molar-refractivity contribution in [3.8, 4) is 0 Å². The number of carbonyl (C=O) groups is 1. The van der Waals surface area contributed by atoms with Crippen molar-refractivity contribution >= 4 is 5.91 Å². The quantitative estimate of drug-likeness (QED) is 0.478. The maximum absolute atomic E-state index is 11.6. The van der Waals surface area contributed by atoms with Gasteiger partial charge in [-0.15, -0.1) is 0 Å². The number of alkyl halides is 1. The van der Waals surface area contributed by atoms with Crippen molar-refractivity contribution < 1.29 is 14.3 Å². The molecular weight excluding hydrogens is 125 g/mol. The average molecular weight is 133 g/mol. The lowest BCUT2D eigenvalue weighted by Crippen LogP contribution is -2.54. The highest BCUT2D eigenvalue weighted by Crippen LogP contribution is 2.10. The van der Waals surface area contributed by atoms with Gasteiger partial charge in [0.1, 0.15) is 6.67 Å². The summed E-state index contributed by atoms with van der Waals surface area (Å²) in [6.07, 6.45) is -1.10. The van der Waals surface area contributed by atoms with E-state index in [1.807, 2.05) is 0 Å². The van der Waals surface area contributed by atoms with E-state index in [9.17, 15) is 9.18 Å². The molecule has 0 spiro atoms. The number of amides is 1. The number of carbonyl (C=O) groups excluding carboxylic acids is 1. The number of nitrogens with one attached hydrogen (secondary N) is 1. The van der Waals surface area contributed by atoms with E-state index in [0.29, 0.717) is 6.54 Å². The van der Waals surface area contributed by atoms with Crippen molar-refractivity contribution in [1.82, 2.24) is 5.32 Å². The first-order chi connectivity index (χ1) is 4.25. The Morgan fingerprint density at radius 2 is 2.67 bits per heavy atom. The van der Waals surface area contributed by atoms with Gasteiger partial charge in [-0.1, -0.05) is 0 Å². The van der Waals surface area contributed by atoms with Gasteiger partial charge in [-0.3, -0.25) is 4.79 Å². The number of aliphatic hydroxyl groups excluding tert-OH is 1. The summed E-state index contributed by atoms with van der Waals surface area (Å²) >= 11 is 0. The summed E-state index contributed by atoms with van der Waals surface area (Å²) in [4.78, 5) is 10.4. The number of hydrogen-bond donors (Lipinski definition) is 2. The van der Waals surface area contributed by atoms with Gasteiger partial charge < -0.3 is 10.4 Å². The van der Waals surface area contributed by atoms with Gasteiger partial charge in [0.05, 0.1) is 12.0 Å². The van der Waals surface area contributed by atoms with E-state index in [-0.39, 0.29) is 5.91 Å². The number of β-lactam (4-membered cyclic amide) rings is 1. The highest BCUT2D eigenvalue weighted by Gasteiger charge is 2.33. The summed E-state index contributed by atoms with van der Waals surface area (Å²) in [7, 11) is 0. The third-order valence-electron chi connectivity index (χ3n) is 1.46. The van der Waals surface area contributed by atoms with E-state index >= 15 is 0 Å². The molecule has 1 aliphatic heterocycles. The van der Waals surface area contributed by atoms with Gasteiger partial charge >= 0.3 is 0 Å². The lowest BCUT2D eigenvalue weighted by Gasteiger charge is -2.28. The molecule has 1 unspecified atom stereocenters. The Kier molecular flexibility index (Phi) is 1.66. The fourth-order valence-electron chi connectivity index (χ4n) is 0.722. The van der Waals surface area contributed by atoms with E-state index < -0.39 is 18.7 Å². The fraction of sp³-hybridized carbons (Fsp3) is 0.800. The van der Waals surface area contributed by atoms with E-state index in [4.69, 9.17) is 5.11 Å². The molecule has 0 aliphatic carbocycles. The third-order valence-corrected chi connectivity index (χ3v) is 1.46. The van der Waals surface area contributed by atoms with Crippen LogP contribution in [0.1, 0.15) is 0 Å². The topological polar surface area (TPSA) is 49.3 Å². The average Bonchev–Trinajstić information content (AvgIpc) is 1.84. The van der Waals surface area contributed by atoms with Gasteiger partial charge in [-0.25, -0.2) is 4.39 Å². The first kappa shape index (κ1) is 6.48. The molecule has 52 valence electrons. The van der Waals surface area contributed by atoms with Gasteiger partial charge in [0.15, 0.2) is 0 Å². The van der Waals surface area contributed by atoms with Crippen LogP contribution in [0.2, 0.25) is 0 Å². The van der Waals surface area contributed by atoms with Crippen LogP contribution < -0.4 is 5.32 Å². The summed E-state index contributed by atoms with van der Waals surface area (Å²) in [5.74, 6) is -0.754. The SMILES string of the molecule is O=C1NC[C@H]1C(O)CF. The minimum Gasteiger partial charge on any atom is -0.389 e. The molecule has 0 aromatic rings. The summed E-state index contributed by atoms with van der Waals surface area (Å²) in [6.45, 7) is -0.429. The Bertz CT molecular complexity index is 128. The molecule has 1 fully saturated rings. The molecule has 1 saturated heterocycles. The number of halogens is 1. The van der Waals surface area contributed by atoms with Gasteiger partial charge in [0.2, 0.25) is 5.91 Å². The maximum Gasteiger partial charge on any atom is 0.227 e. The monoisotopic (exact) mass is 133 g/mol. The van der Waals surface area contributed by atoms with Crippen molar-refractivity contribution in [2.45, 2.75) is 6.10 Å². The molecule has 2 atom stereocenters. The zero-order chi connectivity index (χ0) is 6.85. The van der Waals surface area contributed by atoms with E-state index in [1.165, 1.54) is 0 Å². The van der Waals surface area contributed by atoms with E-state index in [2.05, 4.69) is 5.32 Å². The molecule has 0 saturated carbocycles. The van der Waals surface area contributed by atoms with Crippen LogP contribution in [0.25, 0.3) is 0 Å². The van der Waals surface area contributed by atoms with Crippen molar-refractivity contribution in [2.75, 3.05) is 13.2 Å². The van der Waals surface area contributed by atoms with Crippen LogP contribution in [0.3, 0.4) is 0 Å². The molecule has 3 nitrogen and oxygen atoms in total. The minimum absolute atomic E-state index is 0.250. The van der Waals surface area contributed by atoms with E-state index in [0.717, 1.165) is 0 Å². The zero-order valence-corrected chi connectivity index (χ0v) is 4.80. The first-order valence-corrected chi connectivity index (χ1v) is 2.77. The highest BCUT2D eigenvalue weighted by atomic mass is 19.1. The lowest BCUT2D eigenvalue weighted by molar-refractivity contribution is -0.136. The highest BCUT2D eigenvalue weighted by molar-refractivity contribution is 5.84. The van der Waals surface area contributed by atoms with Crippen LogP contribution >= 0.6 is 0 Å². The van der Waals surface area contributed by atoms with Crippen LogP contribution in [-0.4, -0.2) is 30.3 Å². The summed E-state index contributed by atoms with van der Waals surface area (Å²) in [5, 5.41) is 11.1. The summed E-state index contributed by atoms with van der Waals surface area (Å²) < 4.78 is 11.6. The Hall–Kier alpha value is -0.640. The molecular formula is C5H8FNO2. The molecule has 0 aromatic heterocycles. The second-order valence-corrected chi connectivity index (χ2v) is 2.07.